The van der Waals surface area contributed by atoms with Crippen LogP contribution < -0.4 is 4.74 Å². The van der Waals surface area contributed by atoms with E-state index in [2.05, 4.69) is 20.8 Å². The average Bonchev–Trinajstić information content (AvgIpc) is 3.01. The molecule has 2 fully saturated rings. The highest BCUT2D eigenvalue weighted by Gasteiger charge is 2.43. The Hall–Kier alpha value is -1.08. The monoisotopic (exact) mass is 712 g/mol. The molecule has 0 saturated carbocycles. The van der Waals surface area contributed by atoms with Gasteiger partial charge in [0.15, 0.2) is 14.1 Å². The molecule has 1 aromatic rings. The molecule has 3 rings (SSSR count). The van der Waals surface area contributed by atoms with Gasteiger partial charge in [-0.25, -0.2) is 0 Å². The molecule has 268 valence electrons. The highest BCUT2D eigenvalue weighted by Crippen LogP contribution is 2.49. The van der Waals surface area contributed by atoms with E-state index in [1.54, 1.807) is 7.11 Å². The van der Waals surface area contributed by atoms with Crippen molar-refractivity contribution in [2.45, 2.75) is 140 Å². The molecule has 2 aliphatic heterocycles. The smallest absolute Gasteiger partial charge is 0.311 e. The molecule has 3 atom stereocenters. The number of methoxy groups -OCH3 is 1. The number of ketones is 1. The van der Waals surface area contributed by atoms with Gasteiger partial charge in [0.25, 0.3) is 0 Å². The lowest BCUT2D eigenvalue weighted by molar-refractivity contribution is -0.305. The molecule has 2 heterocycles. The van der Waals surface area contributed by atoms with Crippen LogP contribution in [0.1, 0.15) is 93.1 Å². The Balaban J connectivity index is 1.67. The topological polar surface area (TPSA) is 89.5 Å². The summed E-state index contributed by atoms with van der Waals surface area (Å²) in [6.45, 7) is 17.2. The zero-order chi connectivity index (χ0) is 34.7. The first-order valence-electron chi connectivity index (χ1n) is 17.4. The summed E-state index contributed by atoms with van der Waals surface area (Å²) in [4.78, 5) is 26.7. The van der Waals surface area contributed by atoms with Crippen LogP contribution in [-0.2, 0) is 39.6 Å². The van der Waals surface area contributed by atoms with E-state index in [1.807, 2.05) is 82.4 Å². The number of esters is 1. The van der Waals surface area contributed by atoms with E-state index in [9.17, 15) is 9.59 Å². The molecule has 0 spiro atoms. The maximum Gasteiger partial charge on any atom is 0.311 e. The van der Waals surface area contributed by atoms with Crippen molar-refractivity contribution in [1.82, 2.24) is 0 Å². The summed E-state index contributed by atoms with van der Waals surface area (Å²) in [6, 6.07) is 10.9. The first-order valence-corrected chi connectivity index (χ1v) is 21.9. The molecule has 0 radical (unpaired) electrons. The van der Waals surface area contributed by atoms with Gasteiger partial charge in [0.05, 0.1) is 48.1 Å². The molecule has 0 amide bonds. The normalized spacial score (nSPS) is 22.0. The number of Topliss-reactive ketones (excluding diaryl/α,β-unsaturated/α-hetero) is 1. The summed E-state index contributed by atoms with van der Waals surface area (Å²) in [5, 5.41) is 0. The number of rotatable bonds is 18. The first kappa shape index (κ1) is 40.3. The summed E-state index contributed by atoms with van der Waals surface area (Å²) in [6.07, 6.45) is 2.46. The second kappa shape index (κ2) is 18.2. The zero-order valence-corrected chi connectivity index (χ0v) is 32.9. The van der Waals surface area contributed by atoms with Crippen LogP contribution in [0, 0.1) is 5.41 Å². The second-order valence-electron chi connectivity index (χ2n) is 14.4. The van der Waals surface area contributed by atoms with Gasteiger partial charge >= 0.3 is 5.97 Å². The van der Waals surface area contributed by atoms with Gasteiger partial charge in [-0.15, -0.1) is 23.5 Å². The number of benzene rings is 1. The van der Waals surface area contributed by atoms with Gasteiger partial charge in [-0.3, -0.25) is 9.59 Å². The highest BCUT2D eigenvalue weighted by atomic mass is 32.2. The number of ether oxygens (including phenoxy) is 5. The summed E-state index contributed by atoms with van der Waals surface area (Å²) in [7, 11) is -0.345. The lowest BCUT2D eigenvalue weighted by Crippen LogP contribution is -2.47. The highest BCUT2D eigenvalue weighted by molar-refractivity contribution is 8.18. The van der Waals surface area contributed by atoms with Gasteiger partial charge in [0, 0.05) is 19.3 Å². The summed E-state index contributed by atoms with van der Waals surface area (Å²) in [5.41, 5.74) is 0.473. The van der Waals surface area contributed by atoms with Gasteiger partial charge in [0.1, 0.15) is 18.1 Å². The van der Waals surface area contributed by atoms with Crippen LogP contribution in [0.2, 0.25) is 18.1 Å². The number of carbonyl (C=O) groups excluding carboxylic acids is 2. The van der Waals surface area contributed by atoms with Crippen LogP contribution >= 0.6 is 23.5 Å². The molecule has 2 aliphatic rings. The molecular weight excluding hydrogens is 653 g/mol. The molecule has 11 heteroatoms. The van der Waals surface area contributed by atoms with Crippen molar-refractivity contribution >= 4 is 43.6 Å². The van der Waals surface area contributed by atoms with Crippen molar-refractivity contribution in [3.8, 4) is 5.75 Å². The van der Waals surface area contributed by atoms with Crippen LogP contribution in [0.5, 0.6) is 5.75 Å². The van der Waals surface area contributed by atoms with E-state index < -0.39 is 19.5 Å². The fourth-order valence-electron chi connectivity index (χ4n) is 6.23. The van der Waals surface area contributed by atoms with Gasteiger partial charge in [0.2, 0.25) is 0 Å². The van der Waals surface area contributed by atoms with E-state index in [1.165, 1.54) is 0 Å². The number of hydrogen-bond acceptors (Lipinski definition) is 10. The maximum absolute atomic E-state index is 13.9. The van der Waals surface area contributed by atoms with Crippen molar-refractivity contribution in [1.29, 1.82) is 0 Å². The van der Waals surface area contributed by atoms with E-state index in [0.29, 0.717) is 38.9 Å². The van der Waals surface area contributed by atoms with Gasteiger partial charge in [-0.1, -0.05) is 32.9 Å². The van der Waals surface area contributed by atoms with Crippen LogP contribution in [0.25, 0.3) is 0 Å². The van der Waals surface area contributed by atoms with Crippen molar-refractivity contribution in [2.75, 3.05) is 31.8 Å². The van der Waals surface area contributed by atoms with Crippen LogP contribution in [0.15, 0.2) is 24.3 Å². The molecule has 0 aliphatic carbocycles. The second-order valence-corrected chi connectivity index (χ2v) is 22.3. The molecule has 0 aromatic heterocycles. The zero-order valence-electron chi connectivity index (χ0n) is 30.3. The molecule has 1 aromatic carbocycles. The fraction of sp³-hybridized carbons (Fsp3) is 0.778. The van der Waals surface area contributed by atoms with Crippen molar-refractivity contribution in [3.05, 3.63) is 29.8 Å². The Morgan fingerprint density at radius 2 is 1.62 bits per heavy atom. The summed E-state index contributed by atoms with van der Waals surface area (Å²) in [5.74, 6) is 1.96. The maximum atomic E-state index is 13.9. The molecule has 47 heavy (non-hydrogen) atoms. The molecular formula is C36H60O8S2Si. The fourth-order valence-corrected chi connectivity index (χ4v) is 12.6. The Labute approximate surface area is 293 Å². The van der Waals surface area contributed by atoms with Crippen LogP contribution in [0.4, 0.5) is 0 Å². The van der Waals surface area contributed by atoms with Crippen molar-refractivity contribution in [2.24, 2.45) is 5.41 Å². The Morgan fingerprint density at radius 3 is 2.19 bits per heavy atom. The standard InChI is InChI=1S/C36H60O8S2Si/c1-10-47(11-2,12-3)44-32(26-41-33(38)34(4,5)6)23-36(45-18-13-19-46-36)22-28(37)20-30-21-31(43-35(7,8)42-30)25-40-24-27-14-16-29(39-9)17-15-27/h14-17,30-32H,10-13,18-26H2,1-9H3/t30-,31-,32+/m1/s1. The van der Waals surface area contributed by atoms with Gasteiger partial charge in [-0.2, -0.15) is 0 Å². The van der Waals surface area contributed by atoms with Crippen molar-refractivity contribution in [3.63, 3.8) is 0 Å². The summed E-state index contributed by atoms with van der Waals surface area (Å²) < 4.78 is 36.3. The quantitative estimate of drug-likeness (QED) is 0.109. The van der Waals surface area contributed by atoms with Gasteiger partial charge < -0.3 is 28.1 Å². The minimum Gasteiger partial charge on any atom is -0.497 e. The molecule has 8 nitrogen and oxygen atoms in total. The van der Waals surface area contributed by atoms with Crippen LogP contribution in [-0.4, -0.2) is 80.1 Å². The third kappa shape index (κ3) is 13.0. The minimum atomic E-state index is -2.00. The van der Waals surface area contributed by atoms with Crippen molar-refractivity contribution < 1.29 is 37.7 Å². The SMILES string of the molecule is CC[Si](CC)(CC)O[C@H](COC(=O)C(C)(C)C)CC1(CC(=O)C[C@@H]2C[C@H](COCc3ccc(OC)cc3)OC(C)(C)O2)SCCCS1. The Morgan fingerprint density at radius 1 is 1.00 bits per heavy atom. The third-order valence-electron chi connectivity index (χ3n) is 9.00. The Bertz CT molecular complexity index is 1100. The van der Waals surface area contributed by atoms with E-state index in [-0.39, 0.29) is 40.8 Å². The van der Waals surface area contributed by atoms with E-state index >= 15 is 0 Å². The van der Waals surface area contributed by atoms with E-state index in [4.69, 9.17) is 28.1 Å². The first-order chi connectivity index (χ1) is 22.2. The van der Waals surface area contributed by atoms with Gasteiger partial charge in [-0.05, 0) is 94.8 Å². The number of carbonyl (C=O) groups is 2. The average molecular weight is 713 g/mol. The van der Waals surface area contributed by atoms with E-state index in [0.717, 1.165) is 47.4 Å². The molecule has 0 unspecified atom stereocenters. The molecule has 0 N–H and O–H groups in total. The number of hydrogen-bond donors (Lipinski definition) is 0. The van der Waals surface area contributed by atoms with Crippen LogP contribution in [0.3, 0.4) is 0 Å². The molecule has 0 bridgehead atoms. The predicted molar refractivity (Wildman–Crippen MR) is 195 cm³/mol. The lowest BCUT2D eigenvalue weighted by Gasteiger charge is -2.42. The predicted octanol–water partition coefficient (Wildman–Crippen LogP) is 8.41. The molecule has 2 saturated heterocycles. The Kier molecular flexibility index (Phi) is 15.7. The summed E-state index contributed by atoms with van der Waals surface area (Å²) >= 11 is 3.75. The number of thioether (sulfide) groups is 2. The lowest BCUT2D eigenvalue weighted by atomic mass is 9.97. The minimum absolute atomic E-state index is 0.173. The largest absolute Gasteiger partial charge is 0.497 e. The third-order valence-corrected chi connectivity index (χ3v) is 17.1.